The van der Waals surface area contributed by atoms with Gasteiger partial charge in [-0.05, 0) is 50.7 Å². The summed E-state index contributed by atoms with van der Waals surface area (Å²) in [6.07, 6.45) is 2.98. The van der Waals surface area contributed by atoms with Gasteiger partial charge in [0, 0.05) is 5.75 Å². The van der Waals surface area contributed by atoms with Crippen molar-refractivity contribution < 1.29 is 17.5 Å². The fraction of sp³-hybridized carbons (Fsp3) is 0.571. The van der Waals surface area contributed by atoms with Crippen molar-refractivity contribution in [3.63, 3.8) is 0 Å². The Morgan fingerprint density at radius 2 is 2.05 bits per heavy atom. The summed E-state index contributed by atoms with van der Waals surface area (Å²) < 4.78 is 33.8. The van der Waals surface area contributed by atoms with Crippen LogP contribution in [-0.4, -0.2) is 24.4 Å². The van der Waals surface area contributed by atoms with Crippen LogP contribution in [0.4, 0.5) is 5.82 Å². The zero-order chi connectivity index (χ0) is 15.0. The van der Waals surface area contributed by atoms with Crippen molar-refractivity contribution in [3.05, 3.63) is 23.9 Å². The Morgan fingerprint density at radius 1 is 1.35 bits per heavy atom. The maximum absolute atomic E-state index is 10.6. The van der Waals surface area contributed by atoms with Crippen LogP contribution in [0.1, 0.15) is 39.2 Å². The minimum atomic E-state index is -4.10. The van der Waals surface area contributed by atoms with Crippen LogP contribution >= 0.6 is 0 Å². The Balaban J connectivity index is 2.11. The van der Waals surface area contributed by atoms with Gasteiger partial charge in [0.25, 0.3) is 0 Å². The Morgan fingerprint density at radius 3 is 2.70 bits per heavy atom. The van der Waals surface area contributed by atoms with Crippen LogP contribution in [0.5, 0.6) is 0 Å². The monoisotopic (exact) mass is 296 g/mol. The maximum atomic E-state index is 10.6. The molecule has 0 aliphatic carbocycles. The Bertz CT molecular complexity index is 648. The molecule has 20 heavy (non-hydrogen) atoms. The predicted molar refractivity (Wildman–Crippen MR) is 76.2 cm³/mol. The number of nitrogens with zero attached hydrogens (tertiary/aromatic N) is 2. The highest BCUT2D eigenvalue weighted by atomic mass is 32.2. The lowest BCUT2D eigenvalue weighted by atomic mass is 9.83. The summed E-state index contributed by atoms with van der Waals surface area (Å²) in [5, 5.41) is 0. The van der Waals surface area contributed by atoms with Crippen molar-refractivity contribution in [3.8, 4) is 0 Å². The Labute approximate surface area is 120 Å². The van der Waals surface area contributed by atoms with Crippen molar-refractivity contribution in [2.75, 3.05) is 5.75 Å². The lowest BCUT2D eigenvalue weighted by molar-refractivity contribution is -0.684. The van der Waals surface area contributed by atoms with Gasteiger partial charge in [-0.2, -0.15) is 0 Å². The fourth-order valence-electron chi connectivity index (χ4n) is 2.39. The molecule has 1 aromatic rings. The van der Waals surface area contributed by atoms with Gasteiger partial charge in [-0.25, -0.2) is 13.0 Å². The molecule has 0 amide bonds. The van der Waals surface area contributed by atoms with E-state index in [1.165, 1.54) is 5.56 Å². The zero-order valence-electron chi connectivity index (χ0n) is 12.1. The lowest BCUT2D eigenvalue weighted by Crippen LogP contribution is -2.35. The molecule has 0 N–H and O–H groups in total. The Kier molecular flexibility index (Phi) is 3.97. The summed E-state index contributed by atoms with van der Waals surface area (Å²) in [6.45, 7) is 6.98. The summed E-state index contributed by atoms with van der Waals surface area (Å²) in [6, 6.07) is 4.06. The lowest BCUT2D eigenvalue weighted by Gasteiger charge is -2.15. The number of aromatic nitrogens is 1. The molecular weight excluding hydrogens is 276 g/mol. The van der Waals surface area contributed by atoms with E-state index in [4.69, 9.17) is 0 Å². The quantitative estimate of drug-likeness (QED) is 0.471. The van der Waals surface area contributed by atoms with Crippen LogP contribution < -0.4 is 4.57 Å². The third-order valence-electron chi connectivity index (χ3n) is 3.94. The maximum Gasteiger partial charge on any atom is 0.327 e. The number of rotatable bonds is 5. The highest BCUT2D eigenvalue weighted by Crippen LogP contribution is 2.37. The average Bonchev–Trinajstić information content (AvgIpc) is 2.56. The number of pyridine rings is 1. The first-order valence-corrected chi connectivity index (χ1v) is 8.32. The second-order valence-electron chi connectivity index (χ2n) is 5.73. The second kappa shape index (κ2) is 5.26. The molecule has 0 bridgehead atoms. The molecule has 0 atom stereocenters. The molecule has 2 heterocycles. The molecule has 0 saturated carbocycles. The zero-order valence-corrected chi connectivity index (χ0v) is 12.9. The summed E-state index contributed by atoms with van der Waals surface area (Å²) in [7, 11) is -4.10. The topological polar surface area (TPSA) is 73.4 Å². The van der Waals surface area contributed by atoms with Crippen molar-refractivity contribution >= 4 is 21.6 Å². The smallest absolute Gasteiger partial charge is 0.327 e. The van der Waals surface area contributed by atoms with Gasteiger partial charge in [0.1, 0.15) is 5.71 Å². The Hall–Kier alpha value is -1.27. The number of hydrogen-bond acceptors (Lipinski definition) is 4. The molecule has 1 aromatic heterocycles. The van der Waals surface area contributed by atoms with Gasteiger partial charge in [-0.15, -0.1) is 0 Å². The van der Waals surface area contributed by atoms with Gasteiger partial charge in [-0.1, -0.05) is 0 Å². The van der Waals surface area contributed by atoms with E-state index in [0.29, 0.717) is 19.4 Å². The number of unbranched alkanes of at least 4 members (excludes halogenated alkanes) is 1. The second-order valence-corrected chi connectivity index (χ2v) is 7.25. The largest absolute Gasteiger partial charge is 0.748 e. The van der Waals surface area contributed by atoms with E-state index in [1.54, 1.807) is 0 Å². The molecule has 0 spiro atoms. The van der Waals surface area contributed by atoms with E-state index in [1.807, 2.05) is 23.8 Å². The first kappa shape index (κ1) is 15.1. The molecule has 110 valence electrons. The fourth-order valence-corrected chi connectivity index (χ4v) is 2.95. The van der Waals surface area contributed by atoms with Gasteiger partial charge in [0.2, 0.25) is 0 Å². The van der Waals surface area contributed by atoms with E-state index in [2.05, 4.69) is 24.9 Å². The number of fused-ring (bicyclic) bond motifs is 1. The SMILES string of the molecule is CC1=Nc2c(ccc[n+]2CCCCS(=O)(=O)[O-])C1(C)C. The summed E-state index contributed by atoms with van der Waals surface area (Å²) in [5.41, 5.74) is 2.21. The first-order valence-electron chi connectivity index (χ1n) is 6.74. The molecule has 1 aliphatic rings. The van der Waals surface area contributed by atoms with E-state index >= 15 is 0 Å². The summed E-state index contributed by atoms with van der Waals surface area (Å²) >= 11 is 0. The molecule has 0 unspecified atom stereocenters. The molecular formula is C14H20N2O3S. The standard InChI is InChI=1S/C14H20N2O3S/c1-11-14(2,3)12-7-6-9-16(13(12)15-11)8-4-5-10-20(17,18)19/h6-7,9H,4-5,8,10H2,1-3H3. The van der Waals surface area contributed by atoms with Crippen LogP contribution in [0.2, 0.25) is 0 Å². The molecule has 1 aliphatic heterocycles. The summed E-state index contributed by atoms with van der Waals surface area (Å²) in [4.78, 5) is 4.63. The van der Waals surface area contributed by atoms with Crippen LogP contribution in [-0.2, 0) is 22.1 Å². The molecule has 0 saturated heterocycles. The van der Waals surface area contributed by atoms with Crippen LogP contribution in [0.15, 0.2) is 23.3 Å². The van der Waals surface area contributed by atoms with Crippen molar-refractivity contribution in [2.24, 2.45) is 4.99 Å². The normalized spacial score (nSPS) is 16.9. The van der Waals surface area contributed by atoms with Crippen LogP contribution in [0.3, 0.4) is 0 Å². The van der Waals surface area contributed by atoms with E-state index in [-0.39, 0.29) is 11.2 Å². The minimum Gasteiger partial charge on any atom is -0.748 e. The van der Waals surface area contributed by atoms with Gasteiger partial charge in [0.05, 0.1) is 33.8 Å². The third-order valence-corrected chi connectivity index (χ3v) is 4.73. The molecule has 5 nitrogen and oxygen atoms in total. The predicted octanol–water partition coefficient (Wildman–Crippen LogP) is 1.68. The van der Waals surface area contributed by atoms with Gasteiger partial charge in [0.15, 0.2) is 0 Å². The molecule has 0 aromatic carbocycles. The van der Waals surface area contributed by atoms with Crippen molar-refractivity contribution in [1.29, 1.82) is 0 Å². The molecule has 0 fully saturated rings. The van der Waals surface area contributed by atoms with E-state index in [9.17, 15) is 13.0 Å². The van der Waals surface area contributed by atoms with Crippen molar-refractivity contribution in [1.82, 2.24) is 0 Å². The molecule has 6 heteroatoms. The van der Waals surface area contributed by atoms with Gasteiger partial charge >= 0.3 is 5.82 Å². The average molecular weight is 296 g/mol. The summed E-state index contributed by atoms with van der Waals surface area (Å²) in [5.74, 6) is 0.649. The van der Waals surface area contributed by atoms with E-state index in [0.717, 1.165) is 11.5 Å². The number of aryl methyl sites for hydroxylation is 1. The highest BCUT2D eigenvalue weighted by molar-refractivity contribution is 7.85. The van der Waals surface area contributed by atoms with Crippen LogP contribution in [0, 0.1) is 0 Å². The number of aliphatic imine (C=N–C) groups is 1. The highest BCUT2D eigenvalue weighted by Gasteiger charge is 2.40. The third kappa shape index (κ3) is 3.07. The van der Waals surface area contributed by atoms with Crippen LogP contribution in [0.25, 0.3) is 0 Å². The molecule has 2 rings (SSSR count). The van der Waals surface area contributed by atoms with Crippen molar-refractivity contribution in [2.45, 2.75) is 45.6 Å². The minimum absolute atomic E-state index is 0.0588. The first-order chi connectivity index (χ1) is 9.22. The molecule has 0 radical (unpaired) electrons. The van der Waals surface area contributed by atoms with Gasteiger partial charge < -0.3 is 4.55 Å². The van der Waals surface area contributed by atoms with E-state index < -0.39 is 10.1 Å². The number of hydrogen-bond donors (Lipinski definition) is 0. The van der Waals surface area contributed by atoms with Gasteiger partial charge in [-0.3, -0.25) is 0 Å².